The van der Waals surface area contributed by atoms with Crippen molar-refractivity contribution in [2.24, 2.45) is 5.92 Å². The van der Waals surface area contributed by atoms with Crippen molar-refractivity contribution in [3.05, 3.63) is 35.7 Å². The van der Waals surface area contributed by atoms with Crippen molar-refractivity contribution in [3.8, 4) is 17.1 Å². The smallest absolute Gasteiger partial charge is 0.286 e. The van der Waals surface area contributed by atoms with Gasteiger partial charge in [0.1, 0.15) is 11.6 Å². The molecule has 0 atom stereocenters. The average molecular weight is 439 g/mol. The van der Waals surface area contributed by atoms with Gasteiger partial charge in [0.2, 0.25) is 0 Å². The minimum atomic E-state index is -0.101. The fraction of sp³-hybridized carbons (Fsp3) is 0.615. The molecule has 0 spiro atoms. The molecular weight excluding hydrogens is 400 g/mol. The van der Waals surface area contributed by atoms with Gasteiger partial charge < -0.3 is 9.30 Å². The van der Waals surface area contributed by atoms with Gasteiger partial charge in [0.05, 0.1) is 12.2 Å². The Hall–Kier alpha value is -2.34. The van der Waals surface area contributed by atoms with Gasteiger partial charge in [-0.2, -0.15) is 0 Å². The Morgan fingerprint density at radius 3 is 2.56 bits per heavy atom. The van der Waals surface area contributed by atoms with E-state index in [-0.39, 0.29) is 5.91 Å². The fourth-order valence-corrected chi connectivity index (χ4v) is 5.15. The van der Waals surface area contributed by atoms with Crippen molar-refractivity contribution in [2.45, 2.75) is 78.2 Å². The third-order valence-electron chi connectivity index (χ3n) is 6.97. The van der Waals surface area contributed by atoms with E-state index < -0.39 is 0 Å². The molecule has 6 nitrogen and oxygen atoms in total. The second-order valence-electron chi connectivity index (χ2n) is 9.23. The number of carbonyl (C=O) groups excluding carboxylic acids is 1. The largest absolute Gasteiger partial charge is 0.493 e. The van der Waals surface area contributed by atoms with Crippen LogP contribution < -0.4 is 10.2 Å². The lowest BCUT2D eigenvalue weighted by molar-refractivity contribution is 0.0744. The average Bonchev–Trinajstić information content (AvgIpc) is 3.15. The molecule has 1 N–H and O–H groups in total. The van der Waals surface area contributed by atoms with Gasteiger partial charge in [-0.05, 0) is 51.2 Å². The highest BCUT2D eigenvalue weighted by Gasteiger charge is 2.25. The molecule has 1 aliphatic carbocycles. The van der Waals surface area contributed by atoms with Crippen LogP contribution in [0, 0.1) is 12.8 Å². The lowest BCUT2D eigenvalue weighted by Crippen LogP contribution is -2.45. The number of hydrogen-bond donors (Lipinski definition) is 1. The van der Waals surface area contributed by atoms with Crippen LogP contribution in [-0.4, -0.2) is 40.2 Å². The molecule has 0 unspecified atom stereocenters. The Kier molecular flexibility index (Phi) is 7.85. The number of ether oxygens (including phenoxy) is 1. The van der Waals surface area contributed by atoms with Crippen LogP contribution in [0.25, 0.3) is 11.4 Å². The quantitative estimate of drug-likeness (QED) is 0.603. The third kappa shape index (κ3) is 5.34. The number of carbonyl (C=O) groups is 1. The summed E-state index contributed by atoms with van der Waals surface area (Å²) >= 11 is 0. The number of benzene rings is 1. The van der Waals surface area contributed by atoms with E-state index in [1.54, 1.807) is 0 Å². The van der Waals surface area contributed by atoms with E-state index in [0.717, 1.165) is 67.6 Å². The number of nitrogens with one attached hydrogen (secondary N) is 1. The summed E-state index contributed by atoms with van der Waals surface area (Å²) in [7, 11) is 0. The first-order valence-electron chi connectivity index (χ1n) is 12.5. The van der Waals surface area contributed by atoms with E-state index in [9.17, 15) is 4.79 Å². The van der Waals surface area contributed by atoms with Gasteiger partial charge in [0.15, 0.2) is 5.69 Å². The summed E-state index contributed by atoms with van der Waals surface area (Å²) in [6, 6.07) is 8.04. The molecule has 1 amide bonds. The van der Waals surface area contributed by atoms with E-state index in [2.05, 4.69) is 16.1 Å². The SMILES string of the molecule is CCOc1ccccc1-c1nc(C(=O)NN2CCCCC2)c(C)n1CCC1CCCCC1. The summed E-state index contributed by atoms with van der Waals surface area (Å²) in [5, 5.41) is 2.04. The number of rotatable bonds is 8. The minimum absolute atomic E-state index is 0.101. The zero-order valence-electron chi connectivity index (χ0n) is 19.7. The van der Waals surface area contributed by atoms with Crippen LogP contribution in [0.4, 0.5) is 0 Å². The maximum absolute atomic E-state index is 13.2. The number of hydrogen-bond acceptors (Lipinski definition) is 4. The molecule has 1 saturated heterocycles. The molecule has 0 radical (unpaired) electrons. The number of amides is 1. The predicted molar refractivity (Wildman–Crippen MR) is 128 cm³/mol. The maximum Gasteiger partial charge on any atom is 0.286 e. The number of imidazole rings is 1. The number of piperidine rings is 1. The molecule has 2 aromatic rings. The first-order valence-corrected chi connectivity index (χ1v) is 12.5. The Morgan fingerprint density at radius 2 is 1.81 bits per heavy atom. The van der Waals surface area contributed by atoms with E-state index >= 15 is 0 Å². The summed E-state index contributed by atoms with van der Waals surface area (Å²) in [5.41, 5.74) is 5.53. The van der Waals surface area contributed by atoms with Gasteiger partial charge in [-0.3, -0.25) is 10.2 Å². The van der Waals surface area contributed by atoms with Crippen molar-refractivity contribution in [1.82, 2.24) is 20.0 Å². The minimum Gasteiger partial charge on any atom is -0.493 e. The second kappa shape index (κ2) is 11.0. The molecule has 1 aliphatic heterocycles. The summed E-state index contributed by atoms with van der Waals surface area (Å²) < 4.78 is 8.16. The van der Waals surface area contributed by atoms with Crippen LogP contribution in [0.1, 0.15) is 80.9 Å². The Balaban J connectivity index is 1.63. The van der Waals surface area contributed by atoms with Crippen LogP contribution in [0.2, 0.25) is 0 Å². The van der Waals surface area contributed by atoms with Gasteiger partial charge >= 0.3 is 0 Å². The number of hydrazine groups is 1. The van der Waals surface area contributed by atoms with Gasteiger partial charge in [0, 0.05) is 25.3 Å². The zero-order chi connectivity index (χ0) is 22.3. The molecular formula is C26H38N4O2. The van der Waals surface area contributed by atoms with E-state index in [1.807, 2.05) is 37.1 Å². The van der Waals surface area contributed by atoms with Crippen LogP contribution in [0.3, 0.4) is 0 Å². The summed E-state index contributed by atoms with van der Waals surface area (Å²) in [6.45, 7) is 7.33. The molecule has 6 heteroatoms. The normalized spacial score (nSPS) is 17.9. The van der Waals surface area contributed by atoms with Gasteiger partial charge in [-0.25, -0.2) is 9.99 Å². The first kappa shape index (κ1) is 22.8. The highest BCUT2D eigenvalue weighted by molar-refractivity contribution is 5.94. The van der Waals surface area contributed by atoms with Gasteiger partial charge in [0.25, 0.3) is 5.91 Å². The summed E-state index contributed by atoms with van der Waals surface area (Å²) in [6.07, 6.45) is 11.3. The topological polar surface area (TPSA) is 59.4 Å². The second-order valence-corrected chi connectivity index (χ2v) is 9.23. The van der Waals surface area contributed by atoms with Crippen molar-refractivity contribution in [3.63, 3.8) is 0 Å². The molecule has 1 aromatic heterocycles. The van der Waals surface area contributed by atoms with E-state index in [0.29, 0.717) is 12.3 Å². The molecule has 2 fully saturated rings. The molecule has 32 heavy (non-hydrogen) atoms. The van der Waals surface area contributed by atoms with Crippen molar-refractivity contribution >= 4 is 5.91 Å². The highest BCUT2D eigenvalue weighted by Crippen LogP contribution is 2.33. The van der Waals surface area contributed by atoms with E-state index in [4.69, 9.17) is 9.72 Å². The molecule has 0 bridgehead atoms. The molecule has 2 aliphatic rings. The third-order valence-corrected chi connectivity index (χ3v) is 6.97. The van der Waals surface area contributed by atoms with Gasteiger partial charge in [-0.15, -0.1) is 0 Å². The molecule has 174 valence electrons. The predicted octanol–water partition coefficient (Wildman–Crippen LogP) is 5.36. The number of aromatic nitrogens is 2. The molecule has 2 heterocycles. The highest BCUT2D eigenvalue weighted by atomic mass is 16.5. The lowest BCUT2D eigenvalue weighted by Gasteiger charge is -2.26. The van der Waals surface area contributed by atoms with Crippen LogP contribution >= 0.6 is 0 Å². The van der Waals surface area contributed by atoms with Gasteiger partial charge in [-0.1, -0.05) is 50.7 Å². The molecule has 4 rings (SSSR count). The standard InChI is InChI=1S/C26H38N4O2/c1-3-32-23-15-9-8-14-22(23)25-27-24(26(31)28-29-17-10-5-11-18-29)20(2)30(25)19-16-21-12-6-4-7-13-21/h8-9,14-15,21H,3-7,10-13,16-19H2,1-2H3,(H,28,31). The summed E-state index contributed by atoms with van der Waals surface area (Å²) in [4.78, 5) is 18.1. The molecule has 1 saturated carbocycles. The van der Waals surface area contributed by atoms with Crippen LogP contribution in [0.5, 0.6) is 5.75 Å². The van der Waals surface area contributed by atoms with Crippen molar-refractivity contribution in [1.29, 1.82) is 0 Å². The van der Waals surface area contributed by atoms with Crippen molar-refractivity contribution < 1.29 is 9.53 Å². The monoisotopic (exact) mass is 438 g/mol. The maximum atomic E-state index is 13.2. The summed E-state index contributed by atoms with van der Waals surface area (Å²) in [5.74, 6) is 2.33. The zero-order valence-corrected chi connectivity index (χ0v) is 19.7. The number of para-hydroxylation sites is 1. The lowest BCUT2D eigenvalue weighted by atomic mass is 9.87. The van der Waals surface area contributed by atoms with Crippen LogP contribution in [-0.2, 0) is 6.54 Å². The Labute approximate surface area is 192 Å². The Morgan fingerprint density at radius 1 is 1.09 bits per heavy atom. The van der Waals surface area contributed by atoms with Crippen molar-refractivity contribution in [2.75, 3.05) is 19.7 Å². The molecule has 1 aromatic carbocycles. The van der Waals surface area contributed by atoms with Crippen LogP contribution in [0.15, 0.2) is 24.3 Å². The first-order chi connectivity index (χ1) is 15.7. The Bertz CT molecular complexity index is 895. The fourth-order valence-electron chi connectivity index (χ4n) is 5.15. The number of nitrogens with zero attached hydrogens (tertiary/aromatic N) is 3. The van der Waals surface area contributed by atoms with E-state index in [1.165, 1.54) is 38.5 Å².